The predicted molar refractivity (Wildman–Crippen MR) is 83.4 cm³/mol. The molecule has 0 atom stereocenters. The zero-order chi connectivity index (χ0) is 14.8. The first-order valence-electron chi connectivity index (χ1n) is 6.75. The van der Waals surface area contributed by atoms with E-state index < -0.39 is 0 Å². The largest absolute Gasteiger partial charge is 0.290 e. The number of amides is 1. The van der Waals surface area contributed by atoms with Crippen molar-refractivity contribution in [3.8, 4) is 0 Å². The van der Waals surface area contributed by atoms with Crippen LogP contribution in [0.1, 0.15) is 21.7 Å². The quantitative estimate of drug-likeness (QED) is 0.780. The van der Waals surface area contributed by atoms with Crippen LogP contribution in [0.5, 0.6) is 0 Å². The maximum absolute atomic E-state index is 12.5. The molecule has 0 aliphatic rings. The number of nitrogens with one attached hydrogen (secondary N) is 1. The van der Waals surface area contributed by atoms with Gasteiger partial charge in [0, 0.05) is 17.0 Å². The molecule has 0 spiro atoms. The van der Waals surface area contributed by atoms with Gasteiger partial charge in [-0.1, -0.05) is 36.4 Å². The second kappa shape index (κ2) is 5.32. The molecule has 0 unspecified atom stereocenters. The average Bonchev–Trinajstić information content (AvgIpc) is 2.45. The van der Waals surface area contributed by atoms with E-state index in [1.165, 1.54) is 0 Å². The fourth-order valence-corrected chi connectivity index (χ4v) is 2.37. The van der Waals surface area contributed by atoms with Crippen LogP contribution in [-0.2, 0) is 0 Å². The zero-order valence-electron chi connectivity index (χ0n) is 11.9. The molecule has 0 saturated carbocycles. The highest BCUT2D eigenvalue weighted by atomic mass is 16.1. The van der Waals surface area contributed by atoms with Gasteiger partial charge < -0.3 is 0 Å². The molecule has 1 amide bonds. The topological polar surface area (TPSA) is 54.9 Å². The first-order valence-corrected chi connectivity index (χ1v) is 6.75. The minimum Gasteiger partial charge on any atom is -0.290 e. The molecular weight excluding hydrogens is 262 g/mol. The lowest BCUT2D eigenvalue weighted by Crippen LogP contribution is -2.15. The molecule has 0 aliphatic heterocycles. The van der Waals surface area contributed by atoms with Crippen molar-refractivity contribution in [3.05, 3.63) is 65.5 Å². The summed E-state index contributed by atoms with van der Waals surface area (Å²) < 4.78 is 0. The smallest absolute Gasteiger partial charge is 0.258 e. The standard InChI is InChI=1S/C17H15N3O/c1-11-10-12(2)19-17(18-11)20-16(21)15-9-5-7-13-6-3-4-8-14(13)15/h3-10H,1-2H3,(H,18,19,20,21). The van der Waals surface area contributed by atoms with Gasteiger partial charge in [0.25, 0.3) is 5.91 Å². The summed E-state index contributed by atoms with van der Waals surface area (Å²) in [5, 5.41) is 4.72. The van der Waals surface area contributed by atoms with E-state index >= 15 is 0 Å². The number of carbonyl (C=O) groups excluding carboxylic acids is 1. The number of hydrogen-bond donors (Lipinski definition) is 1. The molecule has 1 N–H and O–H groups in total. The number of aromatic nitrogens is 2. The normalized spacial score (nSPS) is 10.6. The number of fused-ring (bicyclic) bond motifs is 1. The Bertz CT molecular complexity index is 802. The number of hydrogen-bond acceptors (Lipinski definition) is 3. The first-order chi connectivity index (χ1) is 10.1. The Hall–Kier alpha value is -2.75. The Morgan fingerprint density at radius 2 is 1.62 bits per heavy atom. The van der Waals surface area contributed by atoms with Crippen molar-refractivity contribution in [1.29, 1.82) is 0 Å². The lowest BCUT2D eigenvalue weighted by molar-refractivity contribution is 0.102. The van der Waals surface area contributed by atoms with E-state index in [1.807, 2.05) is 56.3 Å². The van der Waals surface area contributed by atoms with Crippen LogP contribution in [0.3, 0.4) is 0 Å². The van der Waals surface area contributed by atoms with Crippen molar-refractivity contribution in [2.45, 2.75) is 13.8 Å². The van der Waals surface area contributed by atoms with Crippen LogP contribution in [0.4, 0.5) is 5.95 Å². The van der Waals surface area contributed by atoms with E-state index in [9.17, 15) is 4.79 Å². The van der Waals surface area contributed by atoms with Crippen LogP contribution < -0.4 is 5.32 Å². The van der Waals surface area contributed by atoms with Crippen LogP contribution in [0, 0.1) is 13.8 Å². The zero-order valence-corrected chi connectivity index (χ0v) is 11.9. The Morgan fingerprint density at radius 3 is 2.38 bits per heavy atom. The van der Waals surface area contributed by atoms with E-state index in [2.05, 4.69) is 15.3 Å². The summed E-state index contributed by atoms with van der Waals surface area (Å²) >= 11 is 0. The van der Waals surface area contributed by atoms with E-state index in [0.29, 0.717) is 11.5 Å². The number of benzene rings is 2. The van der Waals surface area contributed by atoms with Crippen molar-refractivity contribution in [1.82, 2.24) is 9.97 Å². The van der Waals surface area contributed by atoms with E-state index in [-0.39, 0.29) is 5.91 Å². The van der Waals surface area contributed by atoms with E-state index in [4.69, 9.17) is 0 Å². The summed E-state index contributed by atoms with van der Waals surface area (Å²) in [6, 6.07) is 15.3. The molecule has 0 aliphatic carbocycles. The van der Waals surface area contributed by atoms with Gasteiger partial charge in [-0.25, -0.2) is 9.97 Å². The van der Waals surface area contributed by atoms with Gasteiger partial charge in [0.15, 0.2) is 0 Å². The molecule has 1 aromatic heterocycles. The van der Waals surface area contributed by atoms with Gasteiger partial charge in [-0.05, 0) is 36.8 Å². The molecule has 21 heavy (non-hydrogen) atoms. The molecule has 0 saturated heterocycles. The second-order valence-corrected chi connectivity index (χ2v) is 4.96. The summed E-state index contributed by atoms with van der Waals surface area (Å²) in [6.07, 6.45) is 0. The molecule has 3 aromatic rings. The van der Waals surface area contributed by atoms with Crippen molar-refractivity contribution < 1.29 is 4.79 Å². The molecule has 0 radical (unpaired) electrons. The number of rotatable bonds is 2. The molecule has 0 bridgehead atoms. The van der Waals surface area contributed by atoms with Crippen LogP contribution in [-0.4, -0.2) is 15.9 Å². The number of carbonyl (C=O) groups is 1. The SMILES string of the molecule is Cc1cc(C)nc(NC(=O)c2cccc3ccccc23)n1. The lowest BCUT2D eigenvalue weighted by Gasteiger charge is -2.08. The molecule has 0 fully saturated rings. The lowest BCUT2D eigenvalue weighted by atomic mass is 10.0. The maximum Gasteiger partial charge on any atom is 0.258 e. The van der Waals surface area contributed by atoms with Gasteiger partial charge in [0.1, 0.15) is 0 Å². The van der Waals surface area contributed by atoms with Gasteiger partial charge in [0.2, 0.25) is 5.95 Å². The third kappa shape index (κ3) is 2.74. The highest BCUT2D eigenvalue weighted by molar-refractivity contribution is 6.12. The second-order valence-electron chi connectivity index (χ2n) is 4.96. The highest BCUT2D eigenvalue weighted by Crippen LogP contribution is 2.19. The third-order valence-electron chi connectivity index (χ3n) is 3.24. The fourth-order valence-electron chi connectivity index (χ4n) is 2.37. The summed E-state index contributed by atoms with van der Waals surface area (Å²) in [4.78, 5) is 20.9. The van der Waals surface area contributed by atoms with Crippen molar-refractivity contribution >= 4 is 22.6 Å². The Balaban J connectivity index is 1.97. The maximum atomic E-state index is 12.5. The molecule has 2 aromatic carbocycles. The molecule has 1 heterocycles. The van der Waals surface area contributed by atoms with Crippen LogP contribution in [0.25, 0.3) is 10.8 Å². The third-order valence-corrected chi connectivity index (χ3v) is 3.24. The van der Waals surface area contributed by atoms with Gasteiger partial charge in [-0.15, -0.1) is 0 Å². The summed E-state index contributed by atoms with van der Waals surface area (Å²) in [5.74, 6) is 0.141. The summed E-state index contributed by atoms with van der Waals surface area (Å²) in [6.45, 7) is 3.75. The molecular formula is C17H15N3O. The fraction of sp³-hybridized carbons (Fsp3) is 0.118. The molecule has 4 heteroatoms. The van der Waals surface area contributed by atoms with Gasteiger partial charge in [0.05, 0.1) is 0 Å². The highest BCUT2D eigenvalue weighted by Gasteiger charge is 2.11. The van der Waals surface area contributed by atoms with Gasteiger partial charge >= 0.3 is 0 Å². The van der Waals surface area contributed by atoms with Crippen molar-refractivity contribution in [2.24, 2.45) is 0 Å². The van der Waals surface area contributed by atoms with Crippen LogP contribution in [0.2, 0.25) is 0 Å². The minimum atomic E-state index is -0.197. The number of nitrogens with zero attached hydrogens (tertiary/aromatic N) is 2. The van der Waals surface area contributed by atoms with Crippen LogP contribution >= 0.6 is 0 Å². The van der Waals surface area contributed by atoms with Gasteiger partial charge in [-0.2, -0.15) is 0 Å². The summed E-state index contributed by atoms with van der Waals surface area (Å²) in [5.41, 5.74) is 2.28. The Morgan fingerprint density at radius 1 is 0.952 bits per heavy atom. The average molecular weight is 277 g/mol. The van der Waals surface area contributed by atoms with Crippen LogP contribution in [0.15, 0.2) is 48.5 Å². The van der Waals surface area contributed by atoms with Crippen molar-refractivity contribution in [2.75, 3.05) is 5.32 Å². The molecule has 3 rings (SSSR count). The predicted octanol–water partition coefficient (Wildman–Crippen LogP) is 3.50. The monoisotopic (exact) mass is 277 g/mol. The molecule has 104 valence electrons. The Kier molecular flexibility index (Phi) is 3.36. The Labute approximate surface area is 122 Å². The number of aryl methyl sites for hydroxylation is 2. The molecule has 4 nitrogen and oxygen atoms in total. The minimum absolute atomic E-state index is 0.197. The van der Waals surface area contributed by atoms with E-state index in [1.54, 1.807) is 6.07 Å². The van der Waals surface area contributed by atoms with E-state index in [0.717, 1.165) is 22.2 Å². The summed E-state index contributed by atoms with van der Waals surface area (Å²) in [7, 11) is 0. The number of anilines is 1. The van der Waals surface area contributed by atoms with Crippen molar-refractivity contribution in [3.63, 3.8) is 0 Å². The van der Waals surface area contributed by atoms with Gasteiger partial charge in [-0.3, -0.25) is 10.1 Å². The first kappa shape index (κ1) is 13.2.